The van der Waals surface area contributed by atoms with Crippen LogP contribution in [-0.4, -0.2) is 10.2 Å². The van der Waals surface area contributed by atoms with Crippen molar-refractivity contribution in [2.75, 3.05) is 5.32 Å². The third-order valence-corrected chi connectivity index (χ3v) is 6.29. The Morgan fingerprint density at radius 2 is 1.76 bits per heavy atom. The molecule has 0 aliphatic heterocycles. The van der Waals surface area contributed by atoms with E-state index in [1.54, 1.807) is 31.2 Å². The van der Waals surface area contributed by atoms with Crippen molar-refractivity contribution < 1.29 is 9.18 Å². The number of carbonyl (C=O) groups is 1. The summed E-state index contributed by atoms with van der Waals surface area (Å²) in [4.78, 5) is 12.5. The summed E-state index contributed by atoms with van der Waals surface area (Å²) in [5, 5.41) is 3.23. The van der Waals surface area contributed by atoms with E-state index >= 15 is 0 Å². The lowest BCUT2D eigenvalue weighted by molar-refractivity contribution is -0.117. The molecule has 0 spiro atoms. The zero-order chi connectivity index (χ0) is 18.5. The molecule has 1 aliphatic carbocycles. The minimum Gasteiger partial charge on any atom is -0.323 e. The SMILES string of the molecule is Cc1cccc(NC(=O)C2C(c3cc(Cl)c(Cl)c(Cl)c3)C2(Cl)Cl)c1F. The van der Waals surface area contributed by atoms with Gasteiger partial charge in [-0.3, -0.25) is 4.79 Å². The predicted molar refractivity (Wildman–Crippen MR) is 102 cm³/mol. The van der Waals surface area contributed by atoms with Gasteiger partial charge in [0.15, 0.2) is 0 Å². The van der Waals surface area contributed by atoms with Crippen LogP contribution in [0.3, 0.4) is 0 Å². The summed E-state index contributed by atoms with van der Waals surface area (Å²) in [6.45, 7) is 1.61. The van der Waals surface area contributed by atoms with Gasteiger partial charge in [0.05, 0.1) is 26.7 Å². The fourth-order valence-corrected chi connectivity index (χ4v) is 4.22. The summed E-state index contributed by atoms with van der Waals surface area (Å²) in [6, 6.07) is 7.86. The molecule has 0 bridgehead atoms. The van der Waals surface area contributed by atoms with E-state index in [-0.39, 0.29) is 20.8 Å². The van der Waals surface area contributed by atoms with Crippen LogP contribution in [-0.2, 0) is 4.79 Å². The molecule has 25 heavy (non-hydrogen) atoms. The van der Waals surface area contributed by atoms with Gasteiger partial charge in [-0.1, -0.05) is 46.9 Å². The Labute approximate surface area is 169 Å². The van der Waals surface area contributed by atoms with Crippen LogP contribution in [0.1, 0.15) is 17.0 Å². The van der Waals surface area contributed by atoms with Gasteiger partial charge >= 0.3 is 0 Å². The molecule has 3 rings (SSSR count). The van der Waals surface area contributed by atoms with Crippen LogP contribution in [0, 0.1) is 18.7 Å². The quantitative estimate of drug-likeness (QED) is 0.421. The lowest BCUT2D eigenvalue weighted by atomic mass is 10.1. The Hall–Kier alpha value is -0.710. The highest BCUT2D eigenvalue weighted by atomic mass is 35.5. The van der Waals surface area contributed by atoms with E-state index in [4.69, 9.17) is 58.0 Å². The van der Waals surface area contributed by atoms with Gasteiger partial charge in [0.25, 0.3) is 0 Å². The molecule has 2 aromatic carbocycles. The maximum atomic E-state index is 14.1. The molecule has 0 radical (unpaired) electrons. The smallest absolute Gasteiger partial charge is 0.231 e. The van der Waals surface area contributed by atoms with E-state index in [2.05, 4.69) is 5.32 Å². The second-order valence-electron chi connectivity index (χ2n) is 5.85. The Balaban J connectivity index is 1.86. The molecular weight excluding hydrogens is 430 g/mol. The number of nitrogens with one attached hydrogen (secondary N) is 1. The monoisotopic (exact) mass is 439 g/mol. The number of carbonyl (C=O) groups excluding carboxylic acids is 1. The number of anilines is 1. The Morgan fingerprint density at radius 3 is 2.36 bits per heavy atom. The van der Waals surface area contributed by atoms with Gasteiger partial charge in [-0.05, 0) is 36.2 Å². The summed E-state index contributed by atoms with van der Waals surface area (Å²) >= 11 is 30.5. The largest absolute Gasteiger partial charge is 0.323 e. The van der Waals surface area contributed by atoms with E-state index in [1.807, 2.05) is 0 Å². The van der Waals surface area contributed by atoms with Crippen LogP contribution in [0.15, 0.2) is 30.3 Å². The highest BCUT2D eigenvalue weighted by Gasteiger charge is 2.67. The third kappa shape index (κ3) is 3.45. The topological polar surface area (TPSA) is 29.1 Å². The maximum absolute atomic E-state index is 14.1. The summed E-state index contributed by atoms with van der Waals surface area (Å²) in [7, 11) is 0. The molecule has 1 amide bonds. The van der Waals surface area contributed by atoms with E-state index in [0.717, 1.165) is 0 Å². The molecule has 2 unspecified atom stereocenters. The first-order valence-electron chi connectivity index (χ1n) is 7.22. The average Bonchev–Trinajstić information content (AvgIpc) is 3.11. The highest BCUT2D eigenvalue weighted by molar-refractivity contribution is 6.54. The highest BCUT2D eigenvalue weighted by Crippen LogP contribution is 2.65. The van der Waals surface area contributed by atoms with Crippen LogP contribution in [0.2, 0.25) is 15.1 Å². The molecular formula is C17H11Cl5FNO. The molecule has 1 aliphatic rings. The van der Waals surface area contributed by atoms with E-state index < -0.39 is 27.9 Å². The van der Waals surface area contributed by atoms with Crippen LogP contribution >= 0.6 is 58.0 Å². The van der Waals surface area contributed by atoms with Crippen LogP contribution < -0.4 is 5.32 Å². The first-order valence-corrected chi connectivity index (χ1v) is 9.11. The van der Waals surface area contributed by atoms with Gasteiger partial charge in [-0.2, -0.15) is 0 Å². The number of rotatable bonds is 3. The molecule has 1 N–H and O–H groups in total. The molecule has 2 atom stereocenters. The van der Waals surface area contributed by atoms with Crippen molar-refractivity contribution in [3.05, 3.63) is 62.3 Å². The van der Waals surface area contributed by atoms with Crippen LogP contribution in [0.5, 0.6) is 0 Å². The van der Waals surface area contributed by atoms with Gasteiger partial charge in [0.1, 0.15) is 10.2 Å². The molecule has 0 aromatic heterocycles. The standard InChI is InChI=1S/C17H11Cl5FNO/c1-7-3-2-4-11(15(7)23)24-16(25)13-12(17(13,21)22)8-5-9(18)14(20)10(19)6-8/h2-6,12-13H,1H3,(H,24,25). The Bertz CT molecular complexity index is 847. The zero-order valence-electron chi connectivity index (χ0n) is 12.7. The van der Waals surface area contributed by atoms with Crippen molar-refractivity contribution in [3.8, 4) is 0 Å². The van der Waals surface area contributed by atoms with Crippen molar-refractivity contribution in [1.29, 1.82) is 0 Å². The summed E-state index contributed by atoms with van der Waals surface area (Å²) in [5.41, 5.74) is 1.09. The van der Waals surface area contributed by atoms with Crippen molar-refractivity contribution in [2.24, 2.45) is 5.92 Å². The van der Waals surface area contributed by atoms with Gasteiger partial charge < -0.3 is 5.32 Å². The van der Waals surface area contributed by atoms with Crippen molar-refractivity contribution >= 4 is 69.6 Å². The Kier molecular flexibility index (Phi) is 5.18. The predicted octanol–water partition coefficient (Wildman–Crippen LogP) is 6.62. The lowest BCUT2D eigenvalue weighted by Crippen LogP contribution is -2.18. The Morgan fingerprint density at radius 1 is 1.16 bits per heavy atom. The third-order valence-electron chi connectivity index (χ3n) is 4.15. The van der Waals surface area contributed by atoms with Crippen LogP contribution in [0.25, 0.3) is 0 Å². The second kappa shape index (κ2) is 6.79. The van der Waals surface area contributed by atoms with Crippen molar-refractivity contribution in [3.63, 3.8) is 0 Å². The molecule has 0 heterocycles. The zero-order valence-corrected chi connectivity index (χ0v) is 16.5. The maximum Gasteiger partial charge on any atom is 0.231 e. The van der Waals surface area contributed by atoms with Crippen molar-refractivity contribution in [1.82, 2.24) is 0 Å². The number of hydrogen-bond donors (Lipinski definition) is 1. The van der Waals surface area contributed by atoms with Gasteiger partial charge in [0.2, 0.25) is 5.91 Å². The first-order chi connectivity index (χ1) is 11.6. The van der Waals surface area contributed by atoms with Crippen molar-refractivity contribution in [2.45, 2.75) is 17.2 Å². The minimum absolute atomic E-state index is 0.0759. The molecule has 2 aromatic rings. The molecule has 2 nitrogen and oxygen atoms in total. The molecule has 132 valence electrons. The number of amides is 1. The van der Waals surface area contributed by atoms with Crippen LogP contribution in [0.4, 0.5) is 10.1 Å². The fourth-order valence-electron chi connectivity index (χ4n) is 2.78. The normalized spacial score (nSPS) is 21.1. The van der Waals surface area contributed by atoms with Gasteiger partial charge in [-0.25, -0.2) is 4.39 Å². The van der Waals surface area contributed by atoms with E-state index in [9.17, 15) is 9.18 Å². The van der Waals surface area contributed by atoms with E-state index in [1.165, 1.54) is 6.07 Å². The average molecular weight is 442 g/mol. The number of aryl methyl sites for hydroxylation is 1. The molecule has 8 heteroatoms. The molecule has 1 saturated carbocycles. The number of halogens is 6. The molecule has 1 fully saturated rings. The first kappa shape index (κ1) is 19.1. The second-order valence-corrected chi connectivity index (χ2v) is 8.49. The summed E-state index contributed by atoms with van der Waals surface area (Å²) in [5.74, 6) is -2.29. The van der Waals surface area contributed by atoms with Gasteiger partial charge in [-0.15, -0.1) is 23.2 Å². The lowest BCUT2D eigenvalue weighted by Gasteiger charge is -2.08. The minimum atomic E-state index is -1.34. The number of alkyl halides is 2. The summed E-state index contributed by atoms with van der Waals surface area (Å²) < 4.78 is 12.7. The summed E-state index contributed by atoms with van der Waals surface area (Å²) in [6.07, 6.45) is 0. The van der Waals surface area contributed by atoms with E-state index in [0.29, 0.717) is 11.1 Å². The fraction of sp³-hybridized carbons (Fsp3) is 0.235. The number of benzene rings is 2. The molecule has 0 saturated heterocycles. The van der Waals surface area contributed by atoms with Gasteiger partial charge in [0, 0.05) is 5.92 Å². The number of hydrogen-bond acceptors (Lipinski definition) is 1.